The van der Waals surface area contributed by atoms with E-state index in [1.54, 1.807) is 21.1 Å². The third-order valence-corrected chi connectivity index (χ3v) is 9.76. The van der Waals surface area contributed by atoms with Crippen LogP contribution in [0.1, 0.15) is 181 Å². The van der Waals surface area contributed by atoms with Crippen LogP contribution in [0.25, 0.3) is 0 Å². The van der Waals surface area contributed by atoms with E-state index < -0.39 is 18.1 Å². The molecule has 0 rings (SSSR count). The first-order valence-corrected chi connectivity index (χ1v) is 22.2. The summed E-state index contributed by atoms with van der Waals surface area (Å²) in [6.45, 7) is 4.51. The molecule has 0 aromatic rings. The number of likely N-dealkylation sites (N-methyl/N-ethyl adjacent to an activating group) is 1. The maximum Gasteiger partial charge on any atom is 0.306 e. The molecule has 8 heteroatoms. The molecule has 0 aliphatic rings. The summed E-state index contributed by atoms with van der Waals surface area (Å²) >= 11 is 0. The second kappa shape index (κ2) is 38.2. The molecule has 0 heterocycles. The van der Waals surface area contributed by atoms with Crippen molar-refractivity contribution < 1.29 is 38.2 Å². The van der Waals surface area contributed by atoms with E-state index in [9.17, 15) is 19.5 Å². The van der Waals surface area contributed by atoms with Crippen molar-refractivity contribution in [2.24, 2.45) is 0 Å². The van der Waals surface area contributed by atoms with Crippen molar-refractivity contribution in [1.82, 2.24) is 0 Å². The van der Waals surface area contributed by atoms with Gasteiger partial charge in [0, 0.05) is 19.3 Å². The van der Waals surface area contributed by atoms with Crippen LogP contribution >= 0.6 is 0 Å². The number of nitrogens with zero attached hydrogens (tertiary/aromatic N) is 1. The molecule has 2 unspecified atom stereocenters. The zero-order valence-corrected chi connectivity index (χ0v) is 36.1. The second-order valence-corrected chi connectivity index (χ2v) is 16.0. The first-order valence-electron chi connectivity index (χ1n) is 22.2. The predicted octanol–water partition coefficient (Wildman–Crippen LogP) is 10.7. The van der Waals surface area contributed by atoms with Crippen molar-refractivity contribution in [1.29, 1.82) is 0 Å². The third-order valence-electron chi connectivity index (χ3n) is 9.76. The van der Waals surface area contributed by atoms with Gasteiger partial charge in [0.15, 0.2) is 6.10 Å². The summed E-state index contributed by atoms with van der Waals surface area (Å²) in [6.07, 6.45) is 44.1. The molecule has 0 aromatic carbocycles. The number of carboxylic acids is 1. The van der Waals surface area contributed by atoms with E-state index in [0.29, 0.717) is 12.8 Å². The van der Waals surface area contributed by atoms with Crippen molar-refractivity contribution >= 4 is 17.9 Å². The number of hydrogen-bond acceptors (Lipinski definition) is 7. The summed E-state index contributed by atoms with van der Waals surface area (Å²) in [7, 11) is 5.40. The van der Waals surface area contributed by atoms with Crippen LogP contribution in [0.3, 0.4) is 0 Å². The highest BCUT2D eigenvalue weighted by molar-refractivity contribution is 5.70. The Bertz CT molecular complexity index is 1040. The smallest absolute Gasteiger partial charge is 0.306 e. The maximum atomic E-state index is 12.7. The highest BCUT2D eigenvalue weighted by Gasteiger charge is 2.25. The minimum absolute atomic E-state index is 0.0329. The SMILES string of the molecule is CC/C=C/C=C/C=C/CCCCCCCCCC(=O)OCC(COCCC(C(=O)[O-])[N+](C)(C)C)OC(=O)CCCCCCC/C=C/CCCCCCCCC. The van der Waals surface area contributed by atoms with E-state index in [0.717, 1.165) is 64.2 Å². The number of hydrogen-bond donors (Lipinski definition) is 0. The van der Waals surface area contributed by atoms with Gasteiger partial charge in [-0.1, -0.05) is 152 Å². The van der Waals surface area contributed by atoms with Gasteiger partial charge in [0.05, 0.1) is 40.3 Å². The van der Waals surface area contributed by atoms with E-state index >= 15 is 0 Å². The van der Waals surface area contributed by atoms with Crippen LogP contribution < -0.4 is 5.11 Å². The van der Waals surface area contributed by atoms with Crippen LogP contribution in [0.15, 0.2) is 48.6 Å². The van der Waals surface area contributed by atoms with Gasteiger partial charge in [0.1, 0.15) is 12.6 Å². The number of carbonyl (C=O) groups is 3. The van der Waals surface area contributed by atoms with E-state index in [1.807, 2.05) is 0 Å². The van der Waals surface area contributed by atoms with Gasteiger partial charge in [0.2, 0.25) is 0 Å². The molecule has 0 radical (unpaired) electrons. The van der Waals surface area contributed by atoms with E-state index in [1.165, 1.54) is 83.5 Å². The van der Waals surface area contributed by atoms with E-state index in [4.69, 9.17) is 14.2 Å². The number of quaternary nitrogens is 1. The number of unbranched alkanes of at least 4 members (excludes halogenated alkanes) is 19. The molecule has 55 heavy (non-hydrogen) atoms. The highest BCUT2D eigenvalue weighted by Crippen LogP contribution is 2.14. The molecule has 0 fully saturated rings. The molecule has 0 aliphatic carbocycles. The molecular weight excluding hydrogens is 691 g/mol. The van der Waals surface area contributed by atoms with Gasteiger partial charge in [-0.05, 0) is 57.8 Å². The van der Waals surface area contributed by atoms with Gasteiger partial charge in [-0.25, -0.2) is 0 Å². The van der Waals surface area contributed by atoms with E-state index in [2.05, 4.69) is 62.5 Å². The Kier molecular flexibility index (Phi) is 36.3. The van der Waals surface area contributed by atoms with Crippen LogP contribution in [-0.4, -0.2) is 75.5 Å². The zero-order chi connectivity index (χ0) is 40.7. The van der Waals surface area contributed by atoms with Gasteiger partial charge in [-0.15, -0.1) is 0 Å². The van der Waals surface area contributed by atoms with Crippen LogP contribution in [0.5, 0.6) is 0 Å². The Labute approximate surface area is 337 Å². The minimum atomic E-state index is -1.13. The van der Waals surface area contributed by atoms with Crippen molar-refractivity contribution in [2.45, 2.75) is 193 Å². The van der Waals surface area contributed by atoms with Crippen LogP contribution in [-0.2, 0) is 28.6 Å². The van der Waals surface area contributed by atoms with E-state index in [-0.39, 0.29) is 42.7 Å². The summed E-state index contributed by atoms with van der Waals surface area (Å²) in [6, 6.07) is -0.729. The quantitative estimate of drug-likeness (QED) is 0.0201. The number of carboxylic acid groups (broad SMARTS) is 1. The summed E-state index contributed by atoms with van der Waals surface area (Å²) < 4.78 is 17.2. The first kappa shape index (κ1) is 52.3. The number of rotatable bonds is 39. The van der Waals surface area contributed by atoms with Crippen LogP contribution in [0.4, 0.5) is 0 Å². The molecule has 0 N–H and O–H groups in total. The largest absolute Gasteiger partial charge is 0.544 e. The van der Waals surface area contributed by atoms with Gasteiger partial charge in [0.25, 0.3) is 0 Å². The fraction of sp³-hybridized carbons (Fsp3) is 0.766. The Morgan fingerprint density at radius 2 is 1.04 bits per heavy atom. The Balaban J connectivity index is 4.37. The molecule has 0 saturated carbocycles. The molecule has 0 aromatic heterocycles. The molecule has 0 saturated heterocycles. The molecule has 0 amide bonds. The lowest BCUT2D eigenvalue weighted by molar-refractivity contribution is -0.889. The Morgan fingerprint density at radius 1 is 0.564 bits per heavy atom. The Hall–Kier alpha value is -2.71. The van der Waals surface area contributed by atoms with Gasteiger partial charge >= 0.3 is 11.9 Å². The molecule has 8 nitrogen and oxygen atoms in total. The lowest BCUT2D eigenvalue weighted by Gasteiger charge is -2.34. The van der Waals surface area contributed by atoms with Crippen molar-refractivity contribution in [3.63, 3.8) is 0 Å². The summed E-state index contributed by atoms with van der Waals surface area (Å²) in [4.78, 5) is 36.8. The average molecular weight is 774 g/mol. The molecule has 318 valence electrons. The first-order chi connectivity index (χ1) is 26.6. The molecule has 2 atom stereocenters. The lowest BCUT2D eigenvalue weighted by atomic mass is 10.1. The number of esters is 2. The maximum absolute atomic E-state index is 12.7. The topological polar surface area (TPSA) is 102 Å². The molecule has 0 bridgehead atoms. The summed E-state index contributed by atoms with van der Waals surface area (Å²) in [5.74, 6) is -1.76. The lowest BCUT2D eigenvalue weighted by Crippen LogP contribution is -2.55. The fourth-order valence-electron chi connectivity index (χ4n) is 6.30. The fourth-order valence-corrected chi connectivity index (χ4v) is 6.30. The van der Waals surface area contributed by atoms with Crippen molar-refractivity contribution in [3.05, 3.63) is 48.6 Å². The zero-order valence-electron chi connectivity index (χ0n) is 36.1. The molecule has 0 spiro atoms. The van der Waals surface area contributed by atoms with Gasteiger partial charge in [-0.2, -0.15) is 0 Å². The third kappa shape index (κ3) is 36.7. The molecule has 0 aliphatic heterocycles. The number of carbonyl (C=O) groups excluding carboxylic acids is 3. The molecular formula is C47H83NO7. The van der Waals surface area contributed by atoms with Crippen molar-refractivity contribution in [2.75, 3.05) is 41.0 Å². The number of ether oxygens (including phenoxy) is 3. The monoisotopic (exact) mass is 774 g/mol. The van der Waals surface area contributed by atoms with Gasteiger partial charge in [-0.3, -0.25) is 9.59 Å². The summed E-state index contributed by atoms with van der Waals surface area (Å²) in [5, 5.41) is 11.6. The van der Waals surface area contributed by atoms with Crippen LogP contribution in [0, 0.1) is 0 Å². The summed E-state index contributed by atoms with van der Waals surface area (Å²) in [5.41, 5.74) is 0. The second-order valence-electron chi connectivity index (χ2n) is 16.0. The minimum Gasteiger partial charge on any atom is -0.544 e. The standard InChI is InChI=1S/C47H83NO7/c1-6-8-10-12-14-16-18-20-22-24-26-28-30-32-34-36-38-46(50)55-43(41-53-40-39-44(47(51)52)48(3,4)5)42-54-45(49)37-35-33-31-29-27-25-23-21-19-17-15-13-11-9-7-2/h9,11,13,15,17,19,22,24,43-44H,6-8,10,12,14,16,18,20-21,23,25-42H2,1-5H3/b11-9+,15-13+,19-17+,24-22+. The van der Waals surface area contributed by atoms with Crippen molar-refractivity contribution in [3.8, 4) is 0 Å². The van der Waals surface area contributed by atoms with Crippen LogP contribution in [0.2, 0.25) is 0 Å². The highest BCUT2D eigenvalue weighted by atomic mass is 16.6. The Morgan fingerprint density at radius 3 is 1.55 bits per heavy atom. The number of allylic oxidation sites excluding steroid dienone is 8. The predicted molar refractivity (Wildman–Crippen MR) is 226 cm³/mol. The van der Waals surface area contributed by atoms with Gasteiger partial charge < -0.3 is 28.6 Å². The number of aliphatic carboxylic acids is 1. The normalized spacial score (nSPS) is 13.4. The average Bonchev–Trinajstić information content (AvgIpc) is 3.14.